The van der Waals surface area contributed by atoms with Crippen LogP contribution in [0.15, 0.2) is 40.1 Å². The Morgan fingerprint density at radius 3 is 3.00 bits per heavy atom. The standard InChI is InChI=1S/C13H14BrN3O2S/c1-17-11(7-18)6-15-13(17)20-8-12(19)16-10-4-2-3-9(14)5-10/h2-6,18H,7-8H2,1H3,(H,16,19). The molecule has 1 heterocycles. The number of rotatable bonds is 5. The van der Waals surface area contributed by atoms with Crippen LogP contribution in [0.3, 0.4) is 0 Å². The smallest absolute Gasteiger partial charge is 0.234 e. The number of aromatic nitrogens is 2. The van der Waals surface area contributed by atoms with E-state index >= 15 is 0 Å². The Bertz CT molecular complexity index is 615. The van der Waals surface area contributed by atoms with Gasteiger partial charge in [0.25, 0.3) is 0 Å². The zero-order chi connectivity index (χ0) is 14.5. The van der Waals surface area contributed by atoms with E-state index in [1.807, 2.05) is 31.3 Å². The van der Waals surface area contributed by atoms with Crippen LogP contribution in [0.5, 0.6) is 0 Å². The van der Waals surface area contributed by atoms with Crippen LogP contribution >= 0.6 is 27.7 Å². The van der Waals surface area contributed by atoms with Gasteiger partial charge in [0.15, 0.2) is 5.16 Å². The molecule has 0 radical (unpaired) electrons. The molecule has 0 saturated heterocycles. The number of hydrogen-bond acceptors (Lipinski definition) is 4. The lowest BCUT2D eigenvalue weighted by Gasteiger charge is -2.06. The molecule has 0 saturated carbocycles. The fourth-order valence-electron chi connectivity index (χ4n) is 1.60. The van der Waals surface area contributed by atoms with Crippen LogP contribution in [-0.4, -0.2) is 26.3 Å². The third-order valence-corrected chi connectivity index (χ3v) is 4.18. The summed E-state index contributed by atoms with van der Waals surface area (Å²) in [7, 11) is 1.81. The molecule has 0 aliphatic heterocycles. The first-order valence-electron chi connectivity index (χ1n) is 5.90. The monoisotopic (exact) mass is 355 g/mol. The Morgan fingerprint density at radius 1 is 1.55 bits per heavy atom. The molecular formula is C13H14BrN3O2S. The van der Waals surface area contributed by atoms with Crippen LogP contribution in [-0.2, 0) is 18.4 Å². The number of carbonyl (C=O) groups is 1. The molecule has 7 heteroatoms. The van der Waals surface area contributed by atoms with Gasteiger partial charge in [0, 0.05) is 17.2 Å². The van der Waals surface area contributed by atoms with Crippen LogP contribution in [0.1, 0.15) is 5.69 Å². The normalized spacial score (nSPS) is 10.6. The summed E-state index contributed by atoms with van der Waals surface area (Å²) in [4.78, 5) is 16.0. The first kappa shape index (κ1) is 15.1. The second kappa shape index (κ2) is 6.92. The van der Waals surface area contributed by atoms with Crippen LogP contribution < -0.4 is 5.32 Å². The molecular weight excluding hydrogens is 342 g/mol. The lowest BCUT2D eigenvalue weighted by molar-refractivity contribution is -0.113. The van der Waals surface area contributed by atoms with Crippen molar-refractivity contribution in [2.45, 2.75) is 11.8 Å². The highest BCUT2D eigenvalue weighted by atomic mass is 79.9. The van der Waals surface area contributed by atoms with Crippen molar-refractivity contribution in [3.05, 3.63) is 40.6 Å². The zero-order valence-electron chi connectivity index (χ0n) is 10.8. The number of carbonyl (C=O) groups excluding carboxylic acids is 1. The third kappa shape index (κ3) is 3.84. The number of hydrogen-bond donors (Lipinski definition) is 2. The summed E-state index contributed by atoms with van der Waals surface area (Å²) >= 11 is 4.69. The summed E-state index contributed by atoms with van der Waals surface area (Å²) in [6.07, 6.45) is 1.61. The predicted octanol–water partition coefficient (Wildman–Crippen LogP) is 2.41. The molecule has 1 amide bonds. The van der Waals surface area contributed by atoms with Gasteiger partial charge in [0.1, 0.15) is 0 Å². The number of thioether (sulfide) groups is 1. The molecule has 0 bridgehead atoms. The van der Waals surface area contributed by atoms with Crippen LogP contribution in [0.2, 0.25) is 0 Å². The van der Waals surface area contributed by atoms with Gasteiger partial charge in [0.2, 0.25) is 5.91 Å². The van der Waals surface area contributed by atoms with E-state index in [-0.39, 0.29) is 18.3 Å². The van der Waals surface area contributed by atoms with Crippen molar-refractivity contribution in [3.63, 3.8) is 0 Å². The van der Waals surface area contributed by atoms with E-state index in [0.29, 0.717) is 5.16 Å². The number of amides is 1. The molecule has 0 spiro atoms. The first-order chi connectivity index (χ1) is 9.60. The van der Waals surface area contributed by atoms with Gasteiger partial charge in [0.05, 0.1) is 24.3 Å². The minimum Gasteiger partial charge on any atom is -0.390 e. The number of halogens is 1. The summed E-state index contributed by atoms with van der Waals surface area (Å²) in [5, 5.41) is 12.6. The summed E-state index contributed by atoms with van der Waals surface area (Å²) < 4.78 is 2.69. The number of nitrogens with one attached hydrogen (secondary N) is 1. The van der Waals surface area contributed by atoms with Crippen molar-refractivity contribution in [1.82, 2.24) is 9.55 Å². The van der Waals surface area contributed by atoms with Gasteiger partial charge in [-0.2, -0.15) is 0 Å². The number of anilines is 1. The molecule has 2 aromatic rings. The van der Waals surface area contributed by atoms with Crippen LogP contribution in [0, 0.1) is 0 Å². The van der Waals surface area contributed by atoms with E-state index < -0.39 is 0 Å². The molecule has 2 rings (SSSR count). The Labute approximate surface area is 129 Å². The Kier molecular flexibility index (Phi) is 5.22. The maximum atomic E-state index is 11.9. The molecule has 20 heavy (non-hydrogen) atoms. The summed E-state index contributed by atoms with van der Waals surface area (Å²) in [6.45, 7) is -0.0612. The number of imidazole rings is 1. The fourth-order valence-corrected chi connectivity index (χ4v) is 2.77. The SMILES string of the molecule is Cn1c(CO)cnc1SCC(=O)Nc1cccc(Br)c1. The first-order valence-corrected chi connectivity index (χ1v) is 7.67. The quantitative estimate of drug-likeness (QED) is 0.808. The van der Waals surface area contributed by atoms with Crippen molar-refractivity contribution in [2.75, 3.05) is 11.1 Å². The van der Waals surface area contributed by atoms with E-state index in [1.165, 1.54) is 11.8 Å². The molecule has 0 aliphatic rings. The van der Waals surface area contributed by atoms with Crippen molar-refractivity contribution in [2.24, 2.45) is 7.05 Å². The van der Waals surface area contributed by atoms with Crippen molar-refractivity contribution in [1.29, 1.82) is 0 Å². The zero-order valence-corrected chi connectivity index (χ0v) is 13.2. The third-order valence-electron chi connectivity index (χ3n) is 2.64. The topological polar surface area (TPSA) is 67.1 Å². The highest BCUT2D eigenvalue weighted by molar-refractivity contribution is 9.10. The van der Waals surface area contributed by atoms with E-state index in [0.717, 1.165) is 15.9 Å². The molecule has 1 aromatic heterocycles. The van der Waals surface area contributed by atoms with E-state index in [2.05, 4.69) is 26.2 Å². The molecule has 106 valence electrons. The van der Waals surface area contributed by atoms with E-state index in [1.54, 1.807) is 10.8 Å². The van der Waals surface area contributed by atoms with Gasteiger partial charge in [-0.25, -0.2) is 4.98 Å². The number of aliphatic hydroxyl groups is 1. The highest BCUT2D eigenvalue weighted by Crippen LogP contribution is 2.19. The molecule has 0 atom stereocenters. The summed E-state index contributed by atoms with van der Waals surface area (Å²) in [6, 6.07) is 7.43. The number of aliphatic hydroxyl groups excluding tert-OH is 1. The van der Waals surface area contributed by atoms with E-state index in [4.69, 9.17) is 5.11 Å². The fraction of sp³-hybridized carbons (Fsp3) is 0.231. The maximum absolute atomic E-state index is 11.9. The molecule has 2 N–H and O–H groups in total. The average molecular weight is 356 g/mol. The van der Waals surface area contributed by atoms with Gasteiger partial charge in [-0.3, -0.25) is 4.79 Å². The van der Waals surface area contributed by atoms with Gasteiger partial charge < -0.3 is 15.0 Å². The number of nitrogens with zero attached hydrogens (tertiary/aromatic N) is 2. The van der Waals surface area contributed by atoms with Gasteiger partial charge in [-0.1, -0.05) is 33.8 Å². The Balaban J connectivity index is 1.90. The summed E-state index contributed by atoms with van der Waals surface area (Å²) in [5.41, 5.74) is 1.47. The van der Waals surface area contributed by atoms with Crippen molar-refractivity contribution >= 4 is 39.3 Å². The molecule has 1 aromatic carbocycles. The molecule has 0 aliphatic carbocycles. The predicted molar refractivity (Wildman–Crippen MR) is 82.6 cm³/mol. The Morgan fingerprint density at radius 2 is 2.35 bits per heavy atom. The average Bonchev–Trinajstić information content (AvgIpc) is 2.77. The lowest BCUT2D eigenvalue weighted by Crippen LogP contribution is -2.14. The van der Waals surface area contributed by atoms with Gasteiger partial charge in [-0.15, -0.1) is 0 Å². The van der Waals surface area contributed by atoms with Crippen molar-refractivity contribution < 1.29 is 9.90 Å². The number of benzene rings is 1. The Hall–Kier alpha value is -1.31. The van der Waals surface area contributed by atoms with Crippen LogP contribution in [0.4, 0.5) is 5.69 Å². The summed E-state index contributed by atoms with van der Waals surface area (Å²) in [5.74, 6) is 0.170. The minimum absolute atomic E-state index is 0.0612. The molecule has 5 nitrogen and oxygen atoms in total. The molecule has 0 fully saturated rings. The van der Waals surface area contributed by atoms with Crippen LogP contribution in [0.25, 0.3) is 0 Å². The van der Waals surface area contributed by atoms with Gasteiger partial charge in [-0.05, 0) is 18.2 Å². The highest BCUT2D eigenvalue weighted by Gasteiger charge is 2.09. The lowest BCUT2D eigenvalue weighted by atomic mass is 10.3. The van der Waals surface area contributed by atoms with Crippen molar-refractivity contribution in [3.8, 4) is 0 Å². The largest absolute Gasteiger partial charge is 0.390 e. The second-order valence-corrected chi connectivity index (χ2v) is 5.95. The molecule has 0 unspecified atom stereocenters. The van der Waals surface area contributed by atoms with E-state index in [9.17, 15) is 4.79 Å². The maximum Gasteiger partial charge on any atom is 0.234 e. The van der Waals surface area contributed by atoms with Gasteiger partial charge >= 0.3 is 0 Å². The minimum atomic E-state index is -0.0957. The second-order valence-electron chi connectivity index (χ2n) is 4.10.